The molecule has 0 bridgehead atoms. The van der Waals surface area contributed by atoms with Crippen LogP contribution < -0.4 is 4.90 Å². The molecule has 2 atom stereocenters. The van der Waals surface area contributed by atoms with Crippen molar-refractivity contribution >= 4 is 15.5 Å². The molecule has 0 radical (unpaired) electrons. The molecule has 2 aliphatic rings. The number of rotatable bonds is 2. The van der Waals surface area contributed by atoms with Crippen LogP contribution in [0.5, 0.6) is 0 Å². The van der Waals surface area contributed by atoms with Crippen LogP contribution in [0.1, 0.15) is 44.0 Å². The first kappa shape index (κ1) is 18.4. The lowest BCUT2D eigenvalue weighted by Gasteiger charge is -2.41. The Morgan fingerprint density at radius 3 is 2.54 bits per heavy atom. The van der Waals surface area contributed by atoms with Crippen molar-refractivity contribution in [1.82, 2.24) is 5.16 Å². The van der Waals surface area contributed by atoms with Gasteiger partial charge < -0.3 is 5.21 Å². The Kier molecular flexibility index (Phi) is 3.73. The van der Waals surface area contributed by atoms with Crippen molar-refractivity contribution < 1.29 is 36.0 Å². The van der Waals surface area contributed by atoms with Crippen LogP contribution in [0.3, 0.4) is 0 Å². The van der Waals surface area contributed by atoms with E-state index in [1.165, 1.54) is 6.92 Å². The third-order valence-electron chi connectivity index (χ3n) is 4.97. The number of sulfone groups is 1. The van der Waals surface area contributed by atoms with E-state index in [0.717, 1.165) is 0 Å². The molecule has 1 heterocycles. The summed E-state index contributed by atoms with van der Waals surface area (Å²) < 4.78 is 66.7. The molecule has 0 unspecified atom stereocenters. The number of alkyl halides is 3. The number of hydrogen-bond donors (Lipinski definition) is 0. The quantitative estimate of drug-likeness (QED) is 0.323. The van der Waals surface area contributed by atoms with E-state index in [0.29, 0.717) is 17.2 Å². The SMILES string of the molecule is CC1=C(C)C[C@@]2(S(=O)(=O)C(F)(F)F)C=C([N+](=O)[O-])c3no[n+]([O-])c3[C@H]2C1. The fourth-order valence-corrected chi connectivity index (χ4v) is 5.23. The van der Waals surface area contributed by atoms with Crippen molar-refractivity contribution in [2.24, 2.45) is 0 Å². The highest BCUT2D eigenvalue weighted by Gasteiger charge is 2.67. The highest BCUT2D eigenvalue weighted by atomic mass is 32.2. The second-order valence-electron chi connectivity index (χ2n) is 6.35. The molecule has 0 N–H and O–H groups in total. The minimum Gasteiger partial charge on any atom is -0.359 e. The number of hydrogen-bond acceptors (Lipinski definition) is 7. The maximum absolute atomic E-state index is 13.4. The molecule has 3 rings (SSSR count). The van der Waals surface area contributed by atoms with Gasteiger partial charge in [-0.2, -0.15) is 13.2 Å². The molecule has 13 heteroatoms. The van der Waals surface area contributed by atoms with Crippen LogP contribution in [0.15, 0.2) is 21.9 Å². The number of allylic oxidation sites excluding steroid dienone is 2. The summed E-state index contributed by atoms with van der Waals surface area (Å²) in [4.78, 5) is 9.99. The highest BCUT2D eigenvalue weighted by molar-refractivity contribution is 7.93. The zero-order valence-electron chi connectivity index (χ0n) is 13.4. The van der Waals surface area contributed by atoms with Crippen LogP contribution in [0.25, 0.3) is 5.70 Å². The summed E-state index contributed by atoms with van der Waals surface area (Å²) in [6.07, 6.45) is -0.381. The number of nitro groups is 1. The Bertz CT molecular complexity index is 978. The van der Waals surface area contributed by atoms with E-state index in [1.807, 2.05) is 0 Å². The van der Waals surface area contributed by atoms with Crippen molar-refractivity contribution in [3.63, 3.8) is 0 Å². The van der Waals surface area contributed by atoms with E-state index in [-0.39, 0.29) is 11.3 Å². The first-order chi connectivity index (χ1) is 11.8. The normalized spacial score (nSPS) is 26.2. The van der Waals surface area contributed by atoms with Gasteiger partial charge in [0.15, 0.2) is 0 Å². The Balaban J connectivity index is 2.43. The summed E-state index contributed by atoms with van der Waals surface area (Å²) in [7, 11) is -5.92. The van der Waals surface area contributed by atoms with Gasteiger partial charge in [-0.1, -0.05) is 11.1 Å². The fourth-order valence-electron chi connectivity index (χ4n) is 3.56. The van der Waals surface area contributed by atoms with Crippen molar-refractivity contribution in [2.45, 2.75) is 42.9 Å². The summed E-state index contributed by atoms with van der Waals surface area (Å²) in [6.45, 7) is 3.04. The van der Waals surface area contributed by atoms with E-state index in [9.17, 15) is 36.9 Å². The molecule has 0 aromatic carbocycles. The average molecular weight is 395 g/mol. The largest absolute Gasteiger partial charge is 0.498 e. The topological polar surface area (TPSA) is 130 Å². The van der Waals surface area contributed by atoms with Crippen molar-refractivity contribution in [2.75, 3.05) is 0 Å². The van der Waals surface area contributed by atoms with E-state index in [1.54, 1.807) is 6.92 Å². The lowest BCUT2D eigenvalue weighted by atomic mass is 9.71. The first-order valence-corrected chi connectivity index (χ1v) is 8.75. The van der Waals surface area contributed by atoms with Crippen LogP contribution in [0, 0.1) is 15.3 Å². The van der Waals surface area contributed by atoms with Gasteiger partial charge >= 0.3 is 16.9 Å². The maximum Gasteiger partial charge on any atom is 0.498 e. The van der Waals surface area contributed by atoms with Gasteiger partial charge in [-0.25, -0.2) is 8.42 Å². The summed E-state index contributed by atoms with van der Waals surface area (Å²) >= 11 is 0. The predicted octanol–water partition coefficient (Wildman–Crippen LogP) is 1.83. The van der Waals surface area contributed by atoms with Crippen LogP contribution >= 0.6 is 0 Å². The summed E-state index contributed by atoms with van der Waals surface area (Å²) in [5, 5.41) is 26.5. The molecule has 142 valence electrons. The molecular weight excluding hydrogens is 383 g/mol. The van der Waals surface area contributed by atoms with Gasteiger partial charge in [0.1, 0.15) is 4.75 Å². The van der Waals surface area contributed by atoms with Crippen LogP contribution in [0.4, 0.5) is 13.2 Å². The summed E-state index contributed by atoms with van der Waals surface area (Å²) in [6, 6.07) is 0. The molecule has 0 amide bonds. The maximum atomic E-state index is 13.4. The molecule has 26 heavy (non-hydrogen) atoms. The molecule has 0 fully saturated rings. The first-order valence-electron chi connectivity index (χ1n) is 7.27. The molecule has 0 saturated carbocycles. The number of halogens is 3. The molecule has 2 aliphatic carbocycles. The Morgan fingerprint density at radius 2 is 2.00 bits per heavy atom. The third-order valence-corrected chi connectivity index (χ3v) is 7.13. The van der Waals surface area contributed by atoms with E-state index < -0.39 is 54.4 Å². The van der Waals surface area contributed by atoms with E-state index in [4.69, 9.17) is 0 Å². The Labute approximate surface area is 144 Å². The fraction of sp³-hybridized carbons (Fsp3) is 0.538. The zero-order valence-corrected chi connectivity index (χ0v) is 14.2. The Morgan fingerprint density at radius 1 is 1.38 bits per heavy atom. The zero-order chi connectivity index (χ0) is 19.7. The van der Waals surface area contributed by atoms with Crippen LogP contribution in [0.2, 0.25) is 0 Å². The van der Waals surface area contributed by atoms with Gasteiger partial charge in [-0.3, -0.25) is 14.7 Å². The second kappa shape index (κ2) is 5.28. The van der Waals surface area contributed by atoms with Gasteiger partial charge in [0, 0.05) is 6.08 Å². The second-order valence-corrected chi connectivity index (χ2v) is 8.58. The van der Waals surface area contributed by atoms with Gasteiger partial charge in [0.2, 0.25) is 5.69 Å². The van der Waals surface area contributed by atoms with Crippen LogP contribution in [-0.2, 0) is 9.84 Å². The van der Waals surface area contributed by atoms with E-state index in [2.05, 4.69) is 9.79 Å². The highest BCUT2D eigenvalue weighted by Crippen LogP contribution is 2.55. The van der Waals surface area contributed by atoms with Crippen molar-refractivity contribution in [3.8, 4) is 0 Å². The summed E-state index contributed by atoms with van der Waals surface area (Å²) in [5.74, 6) is -1.51. The minimum atomic E-state index is -5.92. The lowest BCUT2D eigenvalue weighted by Crippen LogP contribution is -2.54. The minimum absolute atomic E-state index is 0.209. The van der Waals surface area contributed by atoms with Crippen molar-refractivity contribution in [3.05, 3.63) is 43.9 Å². The smallest absolute Gasteiger partial charge is 0.359 e. The molecule has 0 spiro atoms. The molecule has 0 aliphatic heterocycles. The molecular formula is C13H12F3N3O6S. The Hall–Kier alpha value is -2.44. The number of nitrogens with zero attached hydrogens (tertiary/aromatic N) is 3. The van der Waals surface area contributed by atoms with Gasteiger partial charge in [0.05, 0.1) is 16.0 Å². The standard InChI is InChI=1S/C13H12F3N3O6S/c1-6-3-8-11-10(17-25-19(11)22)9(18(20)21)5-12(8,4-7(6)2)26(23,24)13(14,15)16/h5,8H,3-4H2,1-2H3/t8-,12-/m1/s1. The number of fused-ring (bicyclic) bond motifs is 3. The van der Waals surface area contributed by atoms with Gasteiger partial charge in [-0.15, -0.1) is 0 Å². The van der Waals surface area contributed by atoms with Crippen LogP contribution in [-0.4, -0.2) is 28.8 Å². The predicted molar refractivity (Wildman–Crippen MR) is 78.5 cm³/mol. The molecule has 1 aromatic rings. The molecule has 9 nitrogen and oxygen atoms in total. The third kappa shape index (κ3) is 2.19. The number of aromatic nitrogens is 2. The van der Waals surface area contributed by atoms with E-state index >= 15 is 0 Å². The van der Waals surface area contributed by atoms with Gasteiger partial charge in [-0.05, 0) is 31.6 Å². The monoisotopic (exact) mass is 395 g/mol. The van der Waals surface area contributed by atoms with Crippen molar-refractivity contribution in [1.29, 1.82) is 0 Å². The molecule has 0 saturated heterocycles. The summed E-state index contributed by atoms with van der Waals surface area (Å²) in [5.41, 5.74) is -6.88. The van der Waals surface area contributed by atoms with Gasteiger partial charge in [0.25, 0.3) is 9.84 Å². The average Bonchev–Trinajstić information content (AvgIpc) is 2.88. The molecule has 1 aromatic heterocycles. The lowest BCUT2D eigenvalue weighted by molar-refractivity contribution is -0.809.